The molecular weight excluding hydrogens is 261 g/mol. The molecule has 0 spiro atoms. The summed E-state index contributed by atoms with van der Waals surface area (Å²) in [5.41, 5.74) is 4.39. The van der Waals surface area contributed by atoms with Gasteiger partial charge < -0.3 is 11.1 Å². The molecule has 0 bridgehead atoms. The van der Waals surface area contributed by atoms with Crippen molar-refractivity contribution in [3.05, 3.63) is 21.6 Å². The highest BCUT2D eigenvalue weighted by atomic mass is 35.5. The fourth-order valence-electron chi connectivity index (χ4n) is 1.08. The van der Waals surface area contributed by atoms with E-state index < -0.39 is 18.3 Å². The molecule has 96 valence electrons. The first-order valence-electron chi connectivity index (χ1n) is 4.61. The summed E-state index contributed by atoms with van der Waals surface area (Å²) in [5, 5.41) is 5.72. The lowest BCUT2D eigenvalue weighted by Gasteiger charge is -2.11. The highest BCUT2D eigenvalue weighted by Crippen LogP contribution is 2.18. The van der Waals surface area contributed by atoms with E-state index in [2.05, 4.69) is 10.4 Å². The van der Waals surface area contributed by atoms with Gasteiger partial charge in [-0.1, -0.05) is 11.6 Å². The smallest absolute Gasteiger partial charge is 0.381 e. The minimum atomic E-state index is -4.52. The minimum absolute atomic E-state index is 0.167. The monoisotopic (exact) mass is 270 g/mol. The maximum atomic E-state index is 12.1. The fourth-order valence-corrected chi connectivity index (χ4v) is 1.29. The molecule has 1 heterocycles. The highest BCUT2D eigenvalue weighted by molar-refractivity contribution is 6.32. The van der Waals surface area contributed by atoms with Crippen molar-refractivity contribution >= 4 is 17.3 Å². The van der Waals surface area contributed by atoms with Crippen molar-refractivity contribution in [2.75, 3.05) is 18.4 Å². The van der Waals surface area contributed by atoms with E-state index in [0.29, 0.717) is 13.1 Å². The van der Waals surface area contributed by atoms with Crippen LogP contribution in [0, 0.1) is 0 Å². The lowest BCUT2D eigenvalue weighted by Crippen LogP contribution is -2.31. The minimum Gasteiger partial charge on any atom is -0.381 e. The van der Waals surface area contributed by atoms with Crippen LogP contribution in [0.2, 0.25) is 5.02 Å². The maximum absolute atomic E-state index is 12.1. The molecule has 1 rings (SSSR count). The van der Waals surface area contributed by atoms with E-state index in [9.17, 15) is 18.0 Å². The second-order valence-corrected chi connectivity index (χ2v) is 3.54. The van der Waals surface area contributed by atoms with Gasteiger partial charge in [0, 0.05) is 13.1 Å². The van der Waals surface area contributed by atoms with E-state index in [1.807, 2.05) is 0 Å². The molecule has 0 saturated carbocycles. The van der Waals surface area contributed by atoms with Crippen LogP contribution in [0.25, 0.3) is 0 Å². The third kappa shape index (κ3) is 3.90. The highest BCUT2D eigenvalue weighted by Gasteiger charge is 2.29. The van der Waals surface area contributed by atoms with Gasteiger partial charge in [0.1, 0.15) is 11.6 Å². The standard InChI is InChI=1S/C8H10ClF3N4O/c9-6-5(14-2-1-13)3-15-16(7(6)17)4-8(10,11)12/h3,14H,1-2,4,13H2. The van der Waals surface area contributed by atoms with E-state index in [4.69, 9.17) is 17.3 Å². The van der Waals surface area contributed by atoms with Crippen molar-refractivity contribution in [2.45, 2.75) is 12.7 Å². The van der Waals surface area contributed by atoms with E-state index in [1.54, 1.807) is 0 Å². The van der Waals surface area contributed by atoms with Crippen LogP contribution in [0.1, 0.15) is 0 Å². The zero-order valence-corrected chi connectivity index (χ0v) is 9.35. The van der Waals surface area contributed by atoms with Crippen molar-refractivity contribution in [2.24, 2.45) is 5.73 Å². The number of alkyl halides is 3. The molecule has 3 N–H and O–H groups in total. The second-order valence-electron chi connectivity index (χ2n) is 3.17. The van der Waals surface area contributed by atoms with Gasteiger partial charge in [0.05, 0.1) is 11.9 Å². The third-order valence-electron chi connectivity index (χ3n) is 1.77. The molecule has 0 radical (unpaired) electrons. The number of rotatable bonds is 4. The van der Waals surface area contributed by atoms with Crippen molar-refractivity contribution in [3.8, 4) is 0 Å². The summed E-state index contributed by atoms with van der Waals surface area (Å²) >= 11 is 5.62. The van der Waals surface area contributed by atoms with E-state index in [1.165, 1.54) is 0 Å². The molecule has 1 aromatic rings. The molecule has 17 heavy (non-hydrogen) atoms. The first kappa shape index (κ1) is 13.8. The molecule has 0 unspecified atom stereocenters. The van der Waals surface area contributed by atoms with Gasteiger partial charge in [-0.2, -0.15) is 18.3 Å². The van der Waals surface area contributed by atoms with Gasteiger partial charge in [-0.3, -0.25) is 4.79 Å². The zero-order chi connectivity index (χ0) is 13.1. The summed E-state index contributed by atoms with van der Waals surface area (Å²) < 4.78 is 36.5. The molecule has 0 aliphatic carbocycles. The quantitative estimate of drug-likeness (QED) is 0.850. The van der Waals surface area contributed by atoms with Crippen LogP contribution in [0.3, 0.4) is 0 Å². The molecule has 5 nitrogen and oxygen atoms in total. The molecule has 0 aliphatic rings. The first-order valence-corrected chi connectivity index (χ1v) is 4.99. The Balaban J connectivity index is 2.99. The van der Waals surface area contributed by atoms with Gasteiger partial charge in [0.2, 0.25) is 0 Å². The summed E-state index contributed by atoms with van der Waals surface area (Å²) in [6, 6.07) is 0. The maximum Gasteiger partial charge on any atom is 0.408 e. The normalized spacial score (nSPS) is 11.6. The average molecular weight is 271 g/mol. The van der Waals surface area contributed by atoms with Gasteiger partial charge in [0.15, 0.2) is 0 Å². The summed E-state index contributed by atoms with van der Waals surface area (Å²) in [6.07, 6.45) is -3.46. The first-order chi connectivity index (χ1) is 7.85. The summed E-state index contributed by atoms with van der Waals surface area (Å²) in [7, 11) is 0. The lowest BCUT2D eigenvalue weighted by molar-refractivity contribution is -0.143. The Bertz CT molecular complexity index is 445. The van der Waals surface area contributed by atoms with Crippen molar-refractivity contribution in [1.82, 2.24) is 9.78 Å². The van der Waals surface area contributed by atoms with Crippen LogP contribution in [0.15, 0.2) is 11.0 Å². The SMILES string of the molecule is NCCNc1cnn(CC(F)(F)F)c(=O)c1Cl. The number of anilines is 1. The van der Waals surface area contributed by atoms with Crippen molar-refractivity contribution in [1.29, 1.82) is 0 Å². The second kappa shape index (κ2) is 5.37. The number of halogens is 4. The Morgan fingerprint density at radius 2 is 2.18 bits per heavy atom. The summed E-state index contributed by atoms with van der Waals surface area (Å²) in [5.74, 6) is 0. The van der Waals surface area contributed by atoms with Gasteiger partial charge in [0.25, 0.3) is 5.56 Å². The molecule has 1 aromatic heterocycles. The van der Waals surface area contributed by atoms with Crippen LogP contribution in [-0.2, 0) is 6.54 Å². The predicted octanol–water partition coefficient (Wildman–Crippen LogP) is 0.830. The number of nitrogens with two attached hydrogens (primary N) is 1. The molecule has 9 heteroatoms. The van der Waals surface area contributed by atoms with Crippen LogP contribution in [-0.4, -0.2) is 29.0 Å². The molecular formula is C8H10ClF3N4O. The predicted molar refractivity (Wildman–Crippen MR) is 57.1 cm³/mol. The van der Waals surface area contributed by atoms with Crippen molar-refractivity contribution in [3.63, 3.8) is 0 Å². The molecule has 0 atom stereocenters. The van der Waals surface area contributed by atoms with Crippen LogP contribution < -0.4 is 16.6 Å². The summed E-state index contributed by atoms with van der Waals surface area (Å²) in [4.78, 5) is 11.4. The number of nitrogens with one attached hydrogen (secondary N) is 1. The molecule has 0 amide bonds. The number of hydrogen-bond acceptors (Lipinski definition) is 4. The number of nitrogens with zero attached hydrogens (tertiary/aromatic N) is 2. The van der Waals surface area contributed by atoms with E-state index in [-0.39, 0.29) is 15.4 Å². The molecule has 0 fully saturated rings. The summed E-state index contributed by atoms with van der Waals surface area (Å²) in [6.45, 7) is -0.838. The van der Waals surface area contributed by atoms with Crippen LogP contribution in [0.5, 0.6) is 0 Å². The average Bonchev–Trinajstić information content (AvgIpc) is 2.22. The fraction of sp³-hybridized carbons (Fsp3) is 0.500. The van der Waals surface area contributed by atoms with E-state index >= 15 is 0 Å². The number of hydrogen-bond donors (Lipinski definition) is 2. The van der Waals surface area contributed by atoms with Crippen LogP contribution >= 0.6 is 11.6 Å². The van der Waals surface area contributed by atoms with Crippen LogP contribution in [0.4, 0.5) is 18.9 Å². The third-order valence-corrected chi connectivity index (χ3v) is 2.14. The Hall–Kier alpha value is -1.28. The van der Waals surface area contributed by atoms with E-state index in [0.717, 1.165) is 6.20 Å². The Kier molecular flexibility index (Phi) is 4.35. The topological polar surface area (TPSA) is 72.9 Å². The van der Waals surface area contributed by atoms with Gasteiger partial charge in [-0.25, -0.2) is 4.68 Å². The largest absolute Gasteiger partial charge is 0.408 e. The Morgan fingerprint density at radius 3 is 2.71 bits per heavy atom. The Labute approximate surface area is 99.4 Å². The Morgan fingerprint density at radius 1 is 1.53 bits per heavy atom. The van der Waals surface area contributed by atoms with Gasteiger partial charge in [-0.05, 0) is 0 Å². The van der Waals surface area contributed by atoms with Gasteiger partial charge >= 0.3 is 6.18 Å². The molecule has 0 aliphatic heterocycles. The number of aromatic nitrogens is 2. The molecule has 0 aromatic carbocycles. The lowest BCUT2D eigenvalue weighted by atomic mass is 10.4. The van der Waals surface area contributed by atoms with Crippen molar-refractivity contribution < 1.29 is 13.2 Å². The zero-order valence-electron chi connectivity index (χ0n) is 8.59. The molecule has 0 saturated heterocycles. The van der Waals surface area contributed by atoms with Gasteiger partial charge in [-0.15, -0.1) is 0 Å².